The maximum absolute atomic E-state index is 12.6. The van der Waals surface area contributed by atoms with E-state index >= 15 is 0 Å². The number of amides is 1. The molecule has 1 fully saturated rings. The van der Waals surface area contributed by atoms with Crippen LogP contribution in [-0.4, -0.2) is 20.3 Å². The summed E-state index contributed by atoms with van der Waals surface area (Å²) in [6.07, 6.45) is 5.59. The van der Waals surface area contributed by atoms with Crippen LogP contribution in [0.1, 0.15) is 28.2 Å². The Labute approximate surface area is 204 Å². The lowest BCUT2D eigenvalue weighted by atomic mass is 10.2. The zero-order valence-electron chi connectivity index (χ0n) is 18.2. The molecular formula is C25H22N6OS2. The summed E-state index contributed by atoms with van der Waals surface area (Å²) >= 11 is 2.90. The lowest BCUT2D eigenvalue weighted by Crippen LogP contribution is -2.11. The number of nitrogens with zero attached hydrogens (tertiary/aromatic N) is 3. The number of nitrogens with one attached hydrogen (secondary N) is 2. The molecule has 0 saturated heterocycles. The number of imidazole rings is 1. The number of nitrogen functional groups attached to an aromatic ring is 1. The molecule has 9 heteroatoms. The largest absolute Gasteiger partial charge is 0.397 e. The molecule has 170 valence electrons. The molecule has 5 aromatic rings. The standard InChI is InChI=1S/C25H22N6OS2/c26-17-5-1-2-6-18(17)28-24(32)21-10-11-23(34-21)30-25-29-19(14-33-25)20-13-27-22-7-3-4-16(31(20)22)12-15-8-9-15/h1-7,10-11,13-15H,8-9,12,26H2,(H,28,32)(H,29,30). The number of pyridine rings is 1. The first kappa shape index (κ1) is 20.9. The highest BCUT2D eigenvalue weighted by atomic mass is 32.1. The van der Waals surface area contributed by atoms with Gasteiger partial charge in [-0.25, -0.2) is 9.97 Å². The van der Waals surface area contributed by atoms with Gasteiger partial charge in [0.25, 0.3) is 5.91 Å². The van der Waals surface area contributed by atoms with Crippen LogP contribution in [0.3, 0.4) is 0 Å². The average molecular weight is 487 g/mol. The Morgan fingerprint density at radius 2 is 2.00 bits per heavy atom. The van der Waals surface area contributed by atoms with Gasteiger partial charge >= 0.3 is 0 Å². The third kappa shape index (κ3) is 4.15. The molecule has 0 spiro atoms. The Morgan fingerprint density at radius 1 is 1.12 bits per heavy atom. The number of carbonyl (C=O) groups is 1. The highest BCUT2D eigenvalue weighted by Crippen LogP contribution is 2.35. The van der Waals surface area contributed by atoms with Gasteiger partial charge in [-0.2, -0.15) is 0 Å². The Morgan fingerprint density at radius 3 is 2.85 bits per heavy atom. The SMILES string of the molecule is Nc1ccccc1NC(=O)c1ccc(Nc2nc(-c3cnc4cccc(CC5CC5)n34)cs2)s1. The minimum atomic E-state index is -0.190. The molecule has 1 aromatic carbocycles. The van der Waals surface area contributed by atoms with Crippen molar-refractivity contribution in [3.8, 4) is 11.4 Å². The third-order valence-corrected chi connectivity index (χ3v) is 7.60. The normalized spacial score (nSPS) is 13.3. The summed E-state index contributed by atoms with van der Waals surface area (Å²) in [6, 6.07) is 17.2. The van der Waals surface area contributed by atoms with Gasteiger partial charge < -0.3 is 16.4 Å². The van der Waals surface area contributed by atoms with Gasteiger partial charge in [0.05, 0.1) is 33.1 Å². The number of fused-ring (bicyclic) bond motifs is 1. The van der Waals surface area contributed by atoms with Crippen molar-refractivity contribution in [1.82, 2.24) is 14.4 Å². The number of carbonyl (C=O) groups excluding carboxylic acids is 1. The van der Waals surface area contributed by atoms with Crippen LogP contribution in [0.25, 0.3) is 17.0 Å². The zero-order chi connectivity index (χ0) is 23.1. The van der Waals surface area contributed by atoms with E-state index in [2.05, 4.69) is 32.2 Å². The second kappa shape index (κ2) is 8.58. The molecule has 0 radical (unpaired) electrons. The van der Waals surface area contributed by atoms with Crippen molar-refractivity contribution in [2.45, 2.75) is 19.3 Å². The van der Waals surface area contributed by atoms with E-state index < -0.39 is 0 Å². The molecule has 0 atom stereocenters. The molecule has 34 heavy (non-hydrogen) atoms. The van der Waals surface area contributed by atoms with Gasteiger partial charge in [-0.15, -0.1) is 22.7 Å². The van der Waals surface area contributed by atoms with Gasteiger partial charge in [0.1, 0.15) is 11.3 Å². The summed E-state index contributed by atoms with van der Waals surface area (Å²) < 4.78 is 2.22. The van der Waals surface area contributed by atoms with Crippen LogP contribution in [0.4, 0.5) is 21.5 Å². The quantitative estimate of drug-likeness (QED) is 0.243. The average Bonchev–Trinajstić information content (AvgIpc) is 3.21. The van der Waals surface area contributed by atoms with Gasteiger partial charge in [-0.1, -0.05) is 18.2 Å². The Hall–Kier alpha value is -3.69. The van der Waals surface area contributed by atoms with Crippen LogP contribution in [-0.2, 0) is 6.42 Å². The second-order valence-electron chi connectivity index (χ2n) is 8.37. The molecule has 0 unspecified atom stereocenters. The molecule has 4 aromatic heterocycles. The summed E-state index contributed by atoms with van der Waals surface area (Å²) in [5.41, 5.74) is 11.2. The predicted octanol–water partition coefficient (Wildman–Crippen LogP) is 6.05. The first-order valence-corrected chi connectivity index (χ1v) is 12.8. The zero-order valence-corrected chi connectivity index (χ0v) is 19.8. The van der Waals surface area contributed by atoms with E-state index in [1.54, 1.807) is 18.2 Å². The molecule has 4 N–H and O–H groups in total. The van der Waals surface area contributed by atoms with Crippen molar-refractivity contribution in [3.05, 3.63) is 76.7 Å². The fraction of sp³-hybridized carbons (Fsp3) is 0.160. The molecule has 0 aliphatic heterocycles. The summed E-state index contributed by atoms with van der Waals surface area (Å²) in [5.74, 6) is 0.599. The van der Waals surface area contributed by atoms with Crippen molar-refractivity contribution in [3.63, 3.8) is 0 Å². The topological polar surface area (TPSA) is 97.3 Å². The summed E-state index contributed by atoms with van der Waals surface area (Å²) in [7, 11) is 0. The number of nitrogens with two attached hydrogens (primary N) is 1. The van der Waals surface area contributed by atoms with Gasteiger partial charge in [0.15, 0.2) is 5.13 Å². The molecule has 1 amide bonds. The number of rotatable bonds is 7. The van der Waals surface area contributed by atoms with Gasteiger partial charge in [0.2, 0.25) is 0 Å². The van der Waals surface area contributed by atoms with Crippen LogP contribution in [0.5, 0.6) is 0 Å². The third-order valence-electron chi connectivity index (χ3n) is 5.84. The van der Waals surface area contributed by atoms with Crippen molar-refractivity contribution in [2.75, 3.05) is 16.4 Å². The van der Waals surface area contributed by atoms with Gasteiger partial charge in [-0.05, 0) is 61.6 Å². The number of aromatic nitrogens is 3. The van der Waals surface area contributed by atoms with E-state index in [1.807, 2.05) is 35.8 Å². The fourth-order valence-corrected chi connectivity index (χ4v) is 5.52. The number of para-hydroxylation sites is 2. The molecule has 6 rings (SSSR count). The Balaban J connectivity index is 1.20. The maximum Gasteiger partial charge on any atom is 0.265 e. The second-order valence-corrected chi connectivity index (χ2v) is 10.3. The van der Waals surface area contributed by atoms with Gasteiger partial charge in [-0.3, -0.25) is 9.20 Å². The van der Waals surface area contributed by atoms with Crippen molar-refractivity contribution in [1.29, 1.82) is 0 Å². The minimum Gasteiger partial charge on any atom is -0.397 e. The summed E-state index contributed by atoms with van der Waals surface area (Å²) in [5, 5.41) is 9.85. The van der Waals surface area contributed by atoms with Crippen LogP contribution in [0, 0.1) is 5.92 Å². The number of benzene rings is 1. The van der Waals surface area contributed by atoms with E-state index in [0.717, 1.165) is 39.5 Å². The number of hydrogen-bond acceptors (Lipinski definition) is 7. The molecule has 0 bridgehead atoms. The summed E-state index contributed by atoms with van der Waals surface area (Å²) in [6.45, 7) is 0. The number of thiazole rings is 1. The van der Waals surface area contributed by atoms with E-state index in [0.29, 0.717) is 16.3 Å². The monoisotopic (exact) mass is 486 g/mol. The molecule has 4 heterocycles. The highest BCUT2D eigenvalue weighted by molar-refractivity contribution is 7.19. The first-order chi connectivity index (χ1) is 16.6. The maximum atomic E-state index is 12.6. The molecule has 7 nitrogen and oxygen atoms in total. The van der Waals surface area contributed by atoms with Crippen LogP contribution >= 0.6 is 22.7 Å². The van der Waals surface area contributed by atoms with E-state index in [4.69, 9.17) is 10.7 Å². The van der Waals surface area contributed by atoms with Gasteiger partial charge in [0, 0.05) is 11.1 Å². The molecule has 1 aliphatic rings. The van der Waals surface area contributed by atoms with E-state index in [9.17, 15) is 4.79 Å². The molecular weight excluding hydrogens is 464 g/mol. The van der Waals surface area contributed by atoms with E-state index in [-0.39, 0.29) is 5.91 Å². The lowest BCUT2D eigenvalue weighted by molar-refractivity contribution is 0.103. The molecule has 1 saturated carbocycles. The summed E-state index contributed by atoms with van der Waals surface area (Å²) in [4.78, 5) is 22.6. The Kier molecular flexibility index (Phi) is 5.27. The van der Waals surface area contributed by atoms with Crippen molar-refractivity contribution < 1.29 is 4.79 Å². The smallest absolute Gasteiger partial charge is 0.265 e. The van der Waals surface area contributed by atoms with E-state index in [1.165, 1.54) is 41.2 Å². The van der Waals surface area contributed by atoms with Crippen LogP contribution in [0.15, 0.2) is 66.2 Å². The minimum absolute atomic E-state index is 0.190. The van der Waals surface area contributed by atoms with Crippen LogP contribution < -0.4 is 16.4 Å². The fourth-order valence-electron chi connectivity index (χ4n) is 3.94. The van der Waals surface area contributed by atoms with Crippen LogP contribution in [0.2, 0.25) is 0 Å². The predicted molar refractivity (Wildman–Crippen MR) is 139 cm³/mol. The Bertz CT molecular complexity index is 1500. The first-order valence-electron chi connectivity index (χ1n) is 11.1. The number of anilines is 4. The van der Waals surface area contributed by atoms with Crippen molar-refractivity contribution >= 4 is 55.7 Å². The van der Waals surface area contributed by atoms with Crippen molar-refractivity contribution in [2.24, 2.45) is 5.92 Å². The number of thiophene rings is 1. The lowest BCUT2D eigenvalue weighted by Gasteiger charge is -2.07. The molecule has 1 aliphatic carbocycles. The highest BCUT2D eigenvalue weighted by Gasteiger charge is 2.23. The number of hydrogen-bond donors (Lipinski definition) is 3.